The molecule has 2 heterocycles. The summed E-state index contributed by atoms with van der Waals surface area (Å²) in [5.41, 5.74) is 1.55. The van der Waals surface area contributed by atoms with Crippen LogP contribution in [0.4, 0.5) is 0 Å². The van der Waals surface area contributed by atoms with Gasteiger partial charge >= 0.3 is 5.97 Å². The van der Waals surface area contributed by atoms with E-state index < -0.39 is 12.1 Å². The van der Waals surface area contributed by atoms with Crippen molar-refractivity contribution in [2.45, 2.75) is 51.6 Å². The predicted molar refractivity (Wildman–Crippen MR) is 104 cm³/mol. The Morgan fingerprint density at radius 2 is 2.15 bits per heavy atom. The van der Waals surface area contributed by atoms with Crippen LogP contribution in [0, 0.1) is 5.92 Å². The molecule has 1 saturated carbocycles. The summed E-state index contributed by atoms with van der Waals surface area (Å²) in [7, 11) is 0. The summed E-state index contributed by atoms with van der Waals surface area (Å²) >= 11 is 1.46. The third kappa shape index (κ3) is 5.85. The number of thiazole rings is 1. The molecule has 2 aromatic heterocycles. The Labute approximate surface area is 163 Å². The zero-order valence-corrected chi connectivity index (χ0v) is 16.3. The van der Waals surface area contributed by atoms with Gasteiger partial charge in [-0.15, -0.1) is 11.3 Å². The van der Waals surface area contributed by atoms with E-state index >= 15 is 0 Å². The minimum Gasteiger partial charge on any atom is -0.452 e. The Morgan fingerprint density at radius 3 is 2.89 bits per heavy atom. The van der Waals surface area contributed by atoms with Crippen LogP contribution in [0.3, 0.4) is 0 Å². The fourth-order valence-electron chi connectivity index (χ4n) is 3.23. The van der Waals surface area contributed by atoms with Gasteiger partial charge in [0.2, 0.25) is 0 Å². The molecule has 1 aliphatic carbocycles. The van der Waals surface area contributed by atoms with Gasteiger partial charge in [0.1, 0.15) is 5.01 Å². The number of rotatable bonds is 7. The minimum atomic E-state index is -0.794. The lowest BCUT2D eigenvalue weighted by Crippen LogP contribution is -2.39. The van der Waals surface area contributed by atoms with Gasteiger partial charge in [0, 0.05) is 29.9 Å². The molecule has 0 bridgehead atoms. The van der Waals surface area contributed by atoms with Crippen LogP contribution in [0.5, 0.6) is 0 Å². The van der Waals surface area contributed by atoms with Crippen molar-refractivity contribution in [2.75, 3.05) is 6.54 Å². The van der Waals surface area contributed by atoms with Crippen LogP contribution in [0.25, 0.3) is 10.6 Å². The van der Waals surface area contributed by atoms with E-state index in [4.69, 9.17) is 4.74 Å². The van der Waals surface area contributed by atoms with E-state index in [0.29, 0.717) is 18.2 Å². The molecule has 1 N–H and O–H groups in total. The Morgan fingerprint density at radius 1 is 1.33 bits per heavy atom. The molecule has 2 aromatic rings. The molecule has 3 rings (SSSR count). The number of amides is 1. The molecule has 0 radical (unpaired) electrons. The largest absolute Gasteiger partial charge is 0.452 e. The van der Waals surface area contributed by atoms with Gasteiger partial charge in [-0.1, -0.05) is 19.3 Å². The van der Waals surface area contributed by atoms with E-state index in [1.54, 1.807) is 19.3 Å². The highest BCUT2D eigenvalue weighted by Gasteiger charge is 2.21. The lowest BCUT2D eigenvalue weighted by atomic mass is 9.89. The number of nitrogens with zero attached hydrogens (tertiary/aromatic N) is 2. The molecule has 27 heavy (non-hydrogen) atoms. The molecular weight excluding hydrogens is 362 g/mol. The quantitative estimate of drug-likeness (QED) is 0.737. The first-order chi connectivity index (χ1) is 13.1. The van der Waals surface area contributed by atoms with Gasteiger partial charge in [-0.25, -0.2) is 4.98 Å². The van der Waals surface area contributed by atoms with Crippen molar-refractivity contribution < 1.29 is 14.3 Å². The van der Waals surface area contributed by atoms with Crippen LogP contribution in [-0.2, 0) is 20.7 Å². The van der Waals surface area contributed by atoms with Crippen LogP contribution in [0.2, 0.25) is 0 Å². The van der Waals surface area contributed by atoms with Crippen LogP contribution in [0.1, 0.15) is 44.7 Å². The van der Waals surface area contributed by atoms with E-state index in [1.807, 2.05) is 17.5 Å². The van der Waals surface area contributed by atoms with Crippen molar-refractivity contribution in [1.82, 2.24) is 15.3 Å². The number of pyridine rings is 1. The summed E-state index contributed by atoms with van der Waals surface area (Å²) in [5.74, 6) is -0.131. The molecule has 144 valence electrons. The molecule has 0 aromatic carbocycles. The average molecular weight is 388 g/mol. The number of nitrogens with one attached hydrogen (secondary N) is 1. The molecular formula is C20H25N3O3S. The van der Waals surface area contributed by atoms with Gasteiger partial charge in [-0.3, -0.25) is 14.6 Å². The highest BCUT2D eigenvalue weighted by molar-refractivity contribution is 7.13. The maximum Gasteiger partial charge on any atom is 0.312 e. The Hall–Kier alpha value is -2.28. The average Bonchev–Trinajstić information content (AvgIpc) is 3.15. The molecule has 6 nitrogen and oxygen atoms in total. The molecule has 0 unspecified atom stereocenters. The van der Waals surface area contributed by atoms with Gasteiger partial charge < -0.3 is 10.1 Å². The highest BCUT2D eigenvalue weighted by Crippen LogP contribution is 2.23. The normalized spacial score (nSPS) is 15.9. The van der Waals surface area contributed by atoms with Gasteiger partial charge in [0.05, 0.1) is 12.1 Å². The van der Waals surface area contributed by atoms with Crippen molar-refractivity contribution in [3.63, 3.8) is 0 Å². The van der Waals surface area contributed by atoms with Gasteiger partial charge in [-0.2, -0.15) is 0 Å². The van der Waals surface area contributed by atoms with Crippen molar-refractivity contribution >= 4 is 23.2 Å². The second-order valence-corrected chi connectivity index (χ2v) is 7.80. The molecule has 0 saturated heterocycles. The zero-order chi connectivity index (χ0) is 19.1. The Bertz CT molecular complexity index is 757. The molecule has 1 atom stereocenters. The molecule has 1 fully saturated rings. The zero-order valence-electron chi connectivity index (χ0n) is 15.5. The minimum absolute atomic E-state index is 0.0526. The molecule has 1 amide bonds. The summed E-state index contributed by atoms with van der Waals surface area (Å²) < 4.78 is 5.27. The first-order valence-corrected chi connectivity index (χ1v) is 10.3. The van der Waals surface area contributed by atoms with Crippen molar-refractivity contribution in [1.29, 1.82) is 0 Å². The lowest BCUT2D eigenvalue weighted by Gasteiger charge is -2.22. The summed E-state index contributed by atoms with van der Waals surface area (Å²) in [6.45, 7) is 2.28. The number of hydrogen-bond acceptors (Lipinski definition) is 6. The van der Waals surface area contributed by atoms with E-state index in [0.717, 1.165) is 23.4 Å². The van der Waals surface area contributed by atoms with Crippen LogP contribution < -0.4 is 5.32 Å². The second-order valence-electron chi connectivity index (χ2n) is 6.94. The number of ether oxygens (including phenoxy) is 1. The SMILES string of the molecule is C[C@@H](OC(=O)Cc1csc(-c2cccnc2)n1)C(=O)NCC1CCCCC1. The van der Waals surface area contributed by atoms with Crippen molar-refractivity contribution in [3.05, 3.63) is 35.6 Å². The first kappa shape index (κ1) is 19.5. The summed E-state index contributed by atoms with van der Waals surface area (Å²) in [4.78, 5) is 32.8. The first-order valence-electron chi connectivity index (χ1n) is 9.44. The van der Waals surface area contributed by atoms with E-state index in [9.17, 15) is 9.59 Å². The summed E-state index contributed by atoms with van der Waals surface area (Å²) in [5, 5.41) is 5.55. The van der Waals surface area contributed by atoms with Crippen LogP contribution in [0.15, 0.2) is 29.9 Å². The van der Waals surface area contributed by atoms with Gasteiger partial charge in [-0.05, 0) is 37.8 Å². The lowest BCUT2D eigenvalue weighted by molar-refractivity contribution is -0.154. The van der Waals surface area contributed by atoms with Crippen LogP contribution in [-0.4, -0.2) is 34.5 Å². The molecule has 0 spiro atoms. The number of hydrogen-bond donors (Lipinski definition) is 1. The van der Waals surface area contributed by atoms with Crippen LogP contribution >= 0.6 is 11.3 Å². The second kappa shape index (κ2) is 9.60. The molecule has 7 heteroatoms. The standard InChI is InChI=1S/C20H25N3O3S/c1-14(19(25)22-11-15-6-3-2-4-7-15)26-18(24)10-17-13-27-20(23-17)16-8-5-9-21-12-16/h5,8-9,12-15H,2-4,6-7,10-11H2,1H3,(H,22,25)/t14-/m1/s1. The van der Waals surface area contributed by atoms with E-state index in [2.05, 4.69) is 15.3 Å². The number of aromatic nitrogens is 2. The maximum atomic E-state index is 12.2. The third-order valence-corrected chi connectivity index (χ3v) is 5.69. The number of carbonyl (C=O) groups excluding carboxylic acids is 2. The topological polar surface area (TPSA) is 81.2 Å². The van der Waals surface area contributed by atoms with Gasteiger partial charge in [0.25, 0.3) is 5.91 Å². The molecule has 1 aliphatic rings. The number of carbonyl (C=O) groups is 2. The van der Waals surface area contributed by atoms with Gasteiger partial charge in [0.15, 0.2) is 6.10 Å². The van der Waals surface area contributed by atoms with Crippen molar-refractivity contribution in [2.24, 2.45) is 5.92 Å². The fourth-order valence-corrected chi connectivity index (χ4v) is 4.04. The fraction of sp³-hybridized carbons (Fsp3) is 0.500. The Balaban J connectivity index is 1.44. The number of esters is 1. The summed E-state index contributed by atoms with van der Waals surface area (Å²) in [6.07, 6.45) is 8.79. The summed E-state index contributed by atoms with van der Waals surface area (Å²) in [6, 6.07) is 3.77. The highest BCUT2D eigenvalue weighted by atomic mass is 32.1. The third-order valence-electron chi connectivity index (χ3n) is 4.75. The van der Waals surface area contributed by atoms with E-state index in [-0.39, 0.29) is 12.3 Å². The molecule has 0 aliphatic heterocycles. The maximum absolute atomic E-state index is 12.2. The Kier molecular flexibility index (Phi) is 6.92. The monoisotopic (exact) mass is 387 g/mol. The van der Waals surface area contributed by atoms with Crippen molar-refractivity contribution in [3.8, 4) is 10.6 Å². The smallest absolute Gasteiger partial charge is 0.312 e. The predicted octanol–water partition coefficient (Wildman–Crippen LogP) is 3.38. The van der Waals surface area contributed by atoms with E-state index in [1.165, 1.54) is 30.6 Å².